The lowest BCUT2D eigenvalue weighted by atomic mass is 9.84. The Morgan fingerprint density at radius 2 is 1.88 bits per heavy atom. The Balaban J connectivity index is 2.59. The van der Waals surface area contributed by atoms with Crippen LogP contribution in [0, 0.1) is 0 Å². The zero-order chi connectivity index (χ0) is 12.8. The minimum atomic E-state index is -1.50. The van der Waals surface area contributed by atoms with Gasteiger partial charge in [-0.2, -0.15) is 0 Å². The predicted molar refractivity (Wildman–Crippen MR) is 76.3 cm³/mol. The molecule has 0 amide bonds. The molecule has 94 valence electrons. The molecule has 0 saturated heterocycles. The summed E-state index contributed by atoms with van der Waals surface area (Å²) in [5.74, 6) is 1.22. The van der Waals surface area contributed by atoms with Gasteiger partial charge < -0.3 is 4.43 Å². The summed E-state index contributed by atoms with van der Waals surface area (Å²) in [6.07, 6.45) is 1.11. The first-order valence-electron chi connectivity index (χ1n) is 6.59. The molecule has 1 aliphatic heterocycles. The molecule has 1 aromatic carbocycles. The van der Waals surface area contributed by atoms with E-state index < -0.39 is 8.32 Å². The fraction of sp³-hybridized carbons (Fsp3) is 0.600. The van der Waals surface area contributed by atoms with Crippen LogP contribution in [0.3, 0.4) is 0 Å². The van der Waals surface area contributed by atoms with Crippen molar-refractivity contribution in [1.82, 2.24) is 0 Å². The third kappa shape index (κ3) is 2.28. The van der Waals surface area contributed by atoms with Crippen LogP contribution in [0.4, 0.5) is 0 Å². The van der Waals surface area contributed by atoms with E-state index in [0.29, 0.717) is 0 Å². The van der Waals surface area contributed by atoms with Crippen LogP contribution in [0.1, 0.15) is 44.4 Å². The topological polar surface area (TPSA) is 9.23 Å². The number of benzene rings is 1. The van der Waals surface area contributed by atoms with Gasteiger partial charge in [0, 0.05) is 6.04 Å². The van der Waals surface area contributed by atoms with Crippen LogP contribution >= 0.6 is 0 Å². The first kappa shape index (κ1) is 12.7. The van der Waals surface area contributed by atoms with E-state index in [0.717, 1.165) is 6.42 Å². The van der Waals surface area contributed by atoms with E-state index in [1.807, 2.05) is 0 Å². The summed E-state index contributed by atoms with van der Waals surface area (Å²) in [6, 6.07) is 5.75. The first-order valence-corrected chi connectivity index (χ1v) is 9.70. The van der Waals surface area contributed by atoms with Crippen LogP contribution in [0.5, 0.6) is 5.75 Å². The molecule has 0 aromatic heterocycles. The molecule has 0 atom stereocenters. The number of hydrogen-bond donors (Lipinski definition) is 0. The van der Waals surface area contributed by atoms with Gasteiger partial charge in [0.2, 0.25) is 8.32 Å². The van der Waals surface area contributed by atoms with Gasteiger partial charge >= 0.3 is 0 Å². The maximum absolute atomic E-state index is 6.33. The van der Waals surface area contributed by atoms with Crippen molar-refractivity contribution in [2.24, 2.45) is 0 Å². The molecule has 2 heteroatoms. The Hall–Kier alpha value is -0.763. The van der Waals surface area contributed by atoms with Crippen molar-refractivity contribution < 1.29 is 4.43 Å². The molecule has 1 nitrogen and oxygen atoms in total. The second-order valence-electron chi connectivity index (χ2n) is 6.72. The van der Waals surface area contributed by atoms with Crippen molar-refractivity contribution in [3.63, 3.8) is 0 Å². The normalized spacial score (nSPS) is 17.8. The van der Waals surface area contributed by atoms with E-state index in [-0.39, 0.29) is 5.41 Å². The van der Waals surface area contributed by atoms with E-state index in [9.17, 15) is 0 Å². The maximum Gasteiger partial charge on any atom is 0.249 e. The number of hydrogen-bond acceptors (Lipinski definition) is 1. The van der Waals surface area contributed by atoms with Crippen LogP contribution < -0.4 is 4.43 Å². The van der Waals surface area contributed by atoms with Gasteiger partial charge in [0.25, 0.3) is 0 Å². The Kier molecular flexibility index (Phi) is 2.89. The quantitative estimate of drug-likeness (QED) is 0.676. The zero-order valence-electron chi connectivity index (χ0n) is 12.0. The molecular weight excluding hydrogens is 224 g/mol. The Morgan fingerprint density at radius 1 is 1.24 bits per heavy atom. The Morgan fingerprint density at radius 3 is 2.41 bits per heavy atom. The van der Waals surface area contributed by atoms with Crippen LogP contribution in [0.25, 0.3) is 0 Å². The Labute approximate surface area is 106 Å². The molecule has 0 fully saturated rings. The number of aryl methyl sites for hydroxylation is 1. The van der Waals surface area contributed by atoms with Crippen LogP contribution in [0.2, 0.25) is 13.1 Å². The zero-order valence-corrected chi connectivity index (χ0v) is 13.0. The monoisotopic (exact) mass is 248 g/mol. The van der Waals surface area contributed by atoms with Crippen LogP contribution in [0.15, 0.2) is 12.1 Å². The van der Waals surface area contributed by atoms with Crippen molar-refractivity contribution >= 4 is 8.32 Å². The van der Waals surface area contributed by atoms with Gasteiger partial charge in [0.1, 0.15) is 5.75 Å². The summed E-state index contributed by atoms with van der Waals surface area (Å²) in [6.45, 7) is 13.7. The molecule has 1 heterocycles. The molecular formula is C15H24OSi. The lowest BCUT2D eigenvalue weighted by molar-refractivity contribution is 0.518. The van der Waals surface area contributed by atoms with Crippen molar-refractivity contribution in [1.29, 1.82) is 0 Å². The molecule has 0 bridgehead atoms. The molecule has 17 heavy (non-hydrogen) atoms. The van der Waals surface area contributed by atoms with Gasteiger partial charge in [-0.3, -0.25) is 0 Å². The summed E-state index contributed by atoms with van der Waals surface area (Å²) >= 11 is 0. The highest BCUT2D eigenvalue weighted by atomic mass is 28.4. The second-order valence-corrected chi connectivity index (χ2v) is 10.8. The van der Waals surface area contributed by atoms with E-state index in [1.54, 1.807) is 0 Å². The third-order valence-corrected chi connectivity index (χ3v) is 5.49. The molecule has 0 unspecified atom stereocenters. The molecule has 0 aliphatic carbocycles. The van der Waals surface area contributed by atoms with Crippen LogP contribution in [-0.2, 0) is 17.9 Å². The van der Waals surface area contributed by atoms with E-state index >= 15 is 0 Å². The molecule has 0 radical (unpaired) electrons. The highest BCUT2D eigenvalue weighted by Crippen LogP contribution is 2.42. The summed E-state index contributed by atoms with van der Waals surface area (Å²) in [7, 11) is -1.50. The van der Waals surface area contributed by atoms with Gasteiger partial charge in [0.15, 0.2) is 0 Å². The molecule has 0 N–H and O–H groups in total. The largest absolute Gasteiger partial charge is 0.543 e. The minimum Gasteiger partial charge on any atom is -0.543 e. The van der Waals surface area contributed by atoms with Crippen molar-refractivity contribution in [3.05, 3.63) is 28.8 Å². The minimum absolute atomic E-state index is 0.172. The van der Waals surface area contributed by atoms with Crippen molar-refractivity contribution in [2.75, 3.05) is 0 Å². The predicted octanol–water partition coefficient (Wildman–Crippen LogP) is 4.23. The highest BCUT2D eigenvalue weighted by Gasteiger charge is 2.37. The van der Waals surface area contributed by atoms with Gasteiger partial charge in [-0.15, -0.1) is 0 Å². The van der Waals surface area contributed by atoms with Crippen molar-refractivity contribution in [3.8, 4) is 5.75 Å². The van der Waals surface area contributed by atoms with E-state index in [2.05, 4.69) is 52.9 Å². The van der Waals surface area contributed by atoms with Gasteiger partial charge in [-0.05, 0) is 41.6 Å². The standard InChI is InChI=1S/C15H24OSi/c1-7-11-8-9-13(15(2,3)4)14-12(11)10-17(5,6)16-14/h8-9H,7,10H2,1-6H3. The van der Waals surface area contributed by atoms with Crippen molar-refractivity contribution in [2.45, 2.75) is 58.7 Å². The summed E-state index contributed by atoms with van der Waals surface area (Å²) in [5.41, 5.74) is 4.52. The Bertz CT molecular complexity index is 441. The van der Waals surface area contributed by atoms with Gasteiger partial charge in [-0.1, -0.05) is 39.8 Å². The van der Waals surface area contributed by atoms with Gasteiger partial charge in [0.05, 0.1) is 0 Å². The maximum atomic E-state index is 6.33. The lowest BCUT2D eigenvalue weighted by Gasteiger charge is -2.24. The molecule has 2 rings (SSSR count). The fourth-order valence-electron chi connectivity index (χ4n) is 2.64. The molecule has 0 saturated carbocycles. The number of rotatable bonds is 1. The summed E-state index contributed by atoms with van der Waals surface area (Å²) < 4.78 is 6.33. The lowest BCUT2D eigenvalue weighted by Crippen LogP contribution is -2.32. The first-order chi connectivity index (χ1) is 7.74. The smallest absolute Gasteiger partial charge is 0.249 e. The average molecular weight is 248 g/mol. The van der Waals surface area contributed by atoms with E-state index in [1.165, 1.54) is 28.5 Å². The summed E-state index contributed by atoms with van der Waals surface area (Å²) in [4.78, 5) is 0. The SMILES string of the molecule is CCc1ccc(C(C)(C)C)c2c1C[Si](C)(C)O2. The van der Waals surface area contributed by atoms with E-state index in [4.69, 9.17) is 4.43 Å². The molecule has 0 spiro atoms. The highest BCUT2D eigenvalue weighted by molar-refractivity contribution is 6.72. The molecule has 1 aromatic rings. The second kappa shape index (κ2) is 3.87. The molecule has 1 aliphatic rings. The number of fused-ring (bicyclic) bond motifs is 1. The average Bonchev–Trinajstić information content (AvgIpc) is 2.48. The fourth-order valence-corrected chi connectivity index (χ4v) is 4.74. The summed E-state index contributed by atoms with van der Waals surface area (Å²) in [5, 5.41) is 0. The van der Waals surface area contributed by atoms with Gasteiger partial charge in [-0.25, -0.2) is 0 Å². The van der Waals surface area contributed by atoms with Crippen LogP contribution in [-0.4, -0.2) is 8.32 Å². The third-order valence-electron chi connectivity index (χ3n) is 3.53.